The van der Waals surface area contributed by atoms with Gasteiger partial charge in [0, 0.05) is 13.1 Å². The normalized spacial score (nSPS) is 16.5. The van der Waals surface area contributed by atoms with E-state index < -0.39 is 43.0 Å². The van der Waals surface area contributed by atoms with Crippen LogP contribution in [-0.4, -0.2) is 86.8 Å². The summed E-state index contributed by atoms with van der Waals surface area (Å²) in [5.41, 5.74) is 1.34. The molecular weight excluding hydrogens is 290 g/mol. The molecule has 11 heteroatoms. The molecule has 0 aromatic rings. The summed E-state index contributed by atoms with van der Waals surface area (Å²) in [5.74, 6) is -0.988. The van der Waals surface area contributed by atoms with Crippen LogP contribution in [0.3, 0.4) is 0 Å². The summed E-state index contributed by atoms with van der Waals surface area (Å²) >= 11 is 0. The molecule has 0 bridgehead atoms. The predicted octanol–water partition coefficient (Wildman–Crippen LogP) is -4.38. The Hall–Kier alpha value is -1.50. The molecular formula is C10H21N3O8. The van der Waals surface area contributed by atoms with Crippen molar-refractivity contribution < 1.29 is 40.3 Å². The van der Waals surface area contributed by atoms with Gasteiger partial charge in [-0.3, -0.25) is 10.0 Å². The van der Waals surface area contributed by atoms with Crippen molar-refractivity contribution in [2.75, 3.05) is 19.7 Å². The van der Waals surface area contributed by atoms with Crippen molar-refractivity contribution in [2.24, 2.45) is 0 Å². The third kappa shape index (κ3) is 7.17. The highest BCUT2D eigenvalue weighted by Gasteiger charge is 2.33. The number of amides is 3. The van der Waals surface area contributed by atoms with Crippen molar-refractivity contribution >= 4 is 11.9 Å². The molecule has 11 nitrogen and oxygen atoms in total. The molecule has 0 saturated carbocycles. The monoisotopic (exact) mass is 311 g/mol. The number of hydrogen-bond donors (Lipinski definition) is 9. The fourth-order valence-corrected chi connectivity index (χ4v) is 1.32. The van der Waals surface area contributed by atoms with Crippen molar-refractivity contribution in [3.05, 3.63) is 0 Å². The molecule has 0 radical (unpaired) electrons. The number of rotatable bonds is 9. The van der Waals surface area contributed by atoms with Crippen molar-refractivity contribution in [1.82, 2.24) is 16.1 Å². The molecule has 3 amide bonds. The van der Waals surface area contributed by atoms with Gasteiger partial charge in [0.05, 0.1) is 6.61 Å². The summed E-state index contributed by atoms with van der Waals surface area (Å²) in [4.78, 5) is 22.0. The van der Waals surface area contributed by atoms with E-state index in [1.54, 1.807) is 0 Å². The summed E-state index contributed by atoms with van der Waals surface area (Å²) in [6.07, 6.45) is -7.25. The lowest BCUT2D eigenvalue weighted by Gasteiger charge is -2.24. The zero-order valence-electron chi connectivity index (χ0n) is 11.1. The van der Waals surface area contributed by atoms with Gasteiger partial charge in [-0.25, -0.2) is 10.3 Å². The van der Waals surface area contributed by atoms with E-state index >= 15 is 0 Å². The van der Waals surface area contributed by atoms with E-state index in [-0.39, 0.29) is 19.5 Å². The molecule has 0 saturated heterocycles. The molecule has 0 aromatic heterocycles. The van der Waals surface area contributed by atoms with Gasteiger partial charge >= 0.3 is 6.03 Å². The SMILES string of the molecule is O=C(NO)NCCCNC(=O)C(O)C(O)C(O)C(O)CO. The van der Waals surface area contributed by atoms with Crippen LogP contribution in [0.5, 0.6) is 0 Å². The lowest BCUT2D eigenvalue weighted by atomic mass is 10.0. The van der Waals surface area contributed by atoms with Crippen LogP contribution in [0.15, 0.2) is 0 Å². The molecule has 9 N–H and O–H groups in total. The minimum Gasteiger partial charge on any atom is -0.394 e. The minimum absolute atomic E-state index is 0.0486. The molecule has 0 aliphatic rings. The van der Waals surface area contributed by atoms with E-state index in [0.717, 1.165) is 0 Å². The van der Waals surface area contributed by atoms with Gasteiger partial charge in [-0.1, -0.05) is 0 Å². The summed E-state index contributed by atoms with van der Waals surface area (Å²) < 4.78 is 0. The number of aliphatic hydroxyl groups is 5. The second kappa shape index (κ2) is 10.3. The number of nitrogens with one attached hydrogen (secondary N) is 3. The van der Waals surface area contributed by atoms with E-state index in [2.05, 4.69) is 10.6 Å². The quantitative estimate of drug-likeness (QED) is 0.116. The Bertz CT molecular complexity index is 329. The molecule has 124 valence electrons. The smallest absolute Gasteiger partial charge is 0.338 e. The highest BCUT2D eigenvalue weighted by Crippen LogP contribution is 2.05. The van der Waals surface area contributed by atoms with Gasteiger partial charge in [-0.2, -0.15) is 0 Å². The van der Waals surface area contributed by atoms with Crippen molar-refractivity contribution in [3.8, 4) is 0 Å². The fraction of sp³-hybridized carbons (Fsp3) is 0.800. The summed E-state index contributed by atoms with van der Waals surface area (Å²) in [7, 11) is 0. The van der Waals surface area contributed by atoms with Gasteiger partial charge in [-0.05, 0) is 6.42 Å². The van der Waals surface area contributed by atoms with Crippen LogP contribution < -0.4 is 16.1 Å². The first-order valence-corrected chi connectivity index (χ1v) is 6.13. The van der Waals surface area contributed by atoms with Crippen molar-refractivity contribution in [3.63, 3.8) is 0 Å². The van der Waals surface area contributed by atoms with Gasteiger partial charge in [0.15, 0.2) is 6.10 Å². The van der Waals surface area contributed by atoms with Crippen molar-refractivity contribution in [2.45, 2.75) is 30.8 Å². The topological polar surface area (TPSA) is 192 Å². The molecule has 0 spiro atoms. The van der Waals surface area contributed by atoms with E-state index in [1.165, 1.54) is 5.48 Å². The van der Waals surface area contributed by atoms with Crippen LogP contribution in [0.1, 0.15) is 6.42 Å². The van der Waals surface area contributed by atoms with Crippen LogP contribution in [0.2, 0.25) is 0 Å². The number of carbonyl (C=O) groups excluding carboxylic acids is 2. The first-order chi connectivity index (χ1) is 9.84. The maximum Gasteiger partial charge on any atom is 0.338 e. The molecule has 0 aliphatic carbocycles. The van der Waals surface area contributed by atoms with E-state index in [1.807, 2.05) is 0 Å². The molecule has 0 fully saturated rings. The number of urea groups is 1. The van der Waals surface area contributed by atoms with Gasteiger partial charge in [0.1, 0.15) is 18.3 Å². The lowest BCUT2D eigenvalue weighted by Crippen LogP contribution is -2.51. The Balaban J connectivity index is 4.02. The zero-order valence-corrected chi connectivity index (χ0v) is 11.1. The van der Waals surface area contributed by atoms with Crippen LogP contribution in [-0.2, 0) is 4.79 Å². The second-order valence-corrected chi connectivity index (χ2v) is 4.19. The van der Waals surface area contributed by atoms with E-state index in [4.69, 9.17) is 15.4 Å². The van der Waals surface area contributed by atoms with Gasteiger partial charge in [-0.15, -0.1) is 0 Å². The number of aliphatic hydroxyl groups excluding tert-OH is 5. The highest BCUT2D eigenvalue weighted by molar-refractivity contribution is 5.81. The molecule has 21 heavy (non-hydrogen) atoms. The lowest BCUT2D eigenvalue weighted by molar-refractivity contribution is -0.148. The van der Waals surface area contributed by atoms with E-state index in [9.17, 15) is 24.9 Å². The Morgan fingerprint density at radius 2 is 1.52 bits per heavy atom. The minimum atomic E-state index is -1.99. The highest BCUT2D eigenvalue weighted by atomic mass is 16.5. The first kappa shape index (κ1) is 19.5. The predicted molar refractivity (Wildman–Crippen MR) is 67.1 cm³/mol. The third-order valence-corrected chi connectivity index (χ3v) is 2.56. The van der Waals surface area contributed by atoms with Gasteiger partial charge in [0.25, 0.3) is 5.91 Å². The van der Waals surface area contributed by atoms with Crippen LogP contribution >= 0.6 is 0 Å². The summed E-state index contributed by atoms with van der Waals surface area (Å²) in [6, 6.07) is -0.808. The third-order valence-electron chi connectivity index (χ3n) is 2.56. The number of hydrogen-bond acceptors (Lipinski definition) is 8. The zero-order chi connectivity index (χ0) is 16.4. The van der Waals surface area contributed by atoms with Crippen LogP contribution in [0, 0.1) is 0 Å². The maximum absolute atomic E-state index is 11.4. The molecule has 4 unspecified atom stereocenters. The molecule has 0 aromatic carbocycles. The fourth-order valence-electron chi connectivity index (χ4n) is 1.32. The van der Waals surface area contributed by atoms with Gasteiger partial charge in [0.2, 0.25) is 0 Å². The Morgan fingerprint density at radius 3 is 2.05 bits per heavy atom. The second-order valence-electron chi connectivity index (χ2n) is 4.19. The molecule has 0 rings (SSSR count). The maximum atomic E-state index is 11.4. The molecule has 0 heterocycles. The molecule has 4 atom stereocenters. The van der Waals surface area contributed by atoms with Crippen molar-refractivity contribution in [1.29, 1.82) is 0 Å². The summed E-state index contributed by atoms with van der Waals surface area (Å²) in [5, 5.41) is 58.5. The molecule has 0 aliphatic heterocycles. The summed E-state index contributed by atoms with van der Waals surface area (Å²) in [6.45, 7) is -0.657. The van der Waals surface area contributed by atoms with Crippen LogP contribution in [0.4, 0.5) is 4.79 Å². The van der Waals surface area contributed by atoms with Gasteiger partial charge < -0.3 is 36.2 Å². The average molecular weight is 311 g/mol. The Kier molecular flexibility index (Phi) is 9.53. The number of carbonyl (C=O) groups is 2. The van der Waals surface area contributed by atoms with E-state index in [0.29, 0.717) is 0 Å². The van der Waals surface area contributed by atoms with Crippen LogP contribution in [0.25, 0.3) is 0 Å². The Labute approximate surface area is 120 Å². The first-order valence-electron chi connectivity index (χ1n) is 6.13. The largest absolute Gasteiger partial charge is 0.394 e. The standard InChI is InChI=1S/C10H21N3O8/c14-4-5(15)6(16)7(17)8(18)9(19)11-2-1-3-12-10(20)13-21/h5-8,14-18,21H,1-4H2,(H,11,19)(H2,12,13,20). The Morgan fingerprint density at radius 1 is 0.952 bits per heavy atom. The average Bonchev–Trinajstić information content (AvgIpc) is 2.50. The number of hydroxylamine groups is 1.